The molecule has 0 aliphatic rings. The van der Waals surface area contributed by atoms with E-state index >= 15 is 0 Å². The van der Waals surface area contributed by atoms with E-state index in [0.717, 1.165) is 6.21 Å². The second-order valence-corrected chi connectivity index (χ2v) is 3.55. The van der Waals surface area contributed by atoms with Gasteiger partial charge in [0.15, 0.2) is 0 Å². The van der Waals surface area contributed by atoms with Crippen LogP contribution in [-0.2, 0) is 10.2 Å². The van der Waals surface area contributed by atoms with Gasteiger partial charge >= 0.3 is 10.2 Å². The summed E-state index contributed by atoms with van der Waals surface area (Å²) in [6, 6.07) is 6.20. The molecule has 0 amide bonds. The maximum atomic E-state index is 10.4. The van der Waals surface area contributed by atoms with Gasteiger partial charge in [0.05, 0.1) is 6.21 Å². The molecule has 0 spiro atoms. The first-order valence-corrected chi connectivity index (χ1v) is 4.85. The molecule has 1 rings (SSSR count). The normalized spacial score (nSPS) is 12.1. The first-order valence-electron chi connectivity index (χ1n) is 3.35. The summed E-state index contributed by atoms with van der Waals surface area (Å²) in [5, 5.41) is 13.8. The number of hydrogen-bond acceptors (Lipinski definition) is 3. The van der Waals surface area contributed by atoms with E-state index in [1.165, 1.54) is 12.1 Å². The fourth-order valence-electron chi connectivity index (χ4n) is 0.727. The number of phenolic OH excluding ortho intramolecular Hbond substituents is 1. The standard InChI is InChI=1S/C7H8N2O3S/c8-13(11,12)9-5-6-3-1-2-4-7(6)10/h1-5,10H,(H2,8,11,12). The summed E-state index contributed by atoms with van der Waals surface area (Å²) in [4.78, 5) is 0. The van der Waals surface area contributed by atoms with Crippen LogP contribution in [0.5, 0.6) is 5.75 Å². The Labute approximate surface area is 75.7 Å². The SMILES string of the molecule is NS(=O)(=O)N=Cc1ccccc1O. The predicted molar refractivity (Wildman–Crippen MR) is 48.8 cm³/mol. The number of aromatic hydroxyl groups is 1. The molecule has 0 aromatic heterocycles. The number of nitrogens with zero attached hydrogens (tertiary/aromatic N) is 1. The highest BCUT2D eigenvalue weighted by Crippen LogP contribution is 2.12. The second-order valence-electron chi connectivity index (χ2n) is 2.31. The molecule has 0 bridgehead atoms. The van der Waals surface area contributed by atoms with Crippen molar-refractivity contribution < 1.29 is 13.5 Å². The van der Waals surface area contributed by atoms with Crippen LogP contribution in [0.15, 0.2) is 28.7 Å². The molecule has 0 aliphatic heterocycles. The van der Waals surface area contributed by atoms with Gasteiger partial charge in [0.1, 0.15) is 5.75 Å². The van der Waals surface area contributed by atoms with E-state index in [1.807, 2.05) is 0 Å². The quantitative estimate of drug-likeness (QED) is 0.659. The van der Waals surface area contributed by atoms with E-state index in [9.17, 15) is 13.5 Å². The van der Waals surface area contributed by atoms with E-state index in [2.05, 4.69) is 9.54 Å². The van der Waals surface area contributed by atoms with E-state index in [4.69, 9.17) is 0 Å². The van der Waals surface area contributed by atoms with Crippen LogP contribution < -0.4 is 5.14 Å². The third kappa shape index (κ3) is 3.22. The number of nitrogens with two attached hydrogens (primary N) is 1. The largest absolute Gasteiger partial charge is 0.507 e. The minimum atomic E-state index is -3.88. The zero-order valence-corrected chi connectivity index (χ0v) is 7.40. The summed E-state index contributed by atoms with van der Waals surface area (Å²) in [5.41, 5.74) is 0.302. The number of para-hydroxylation sites is 1. The van der Waals surface area contributed by atoms with Crippen LogP contribution in [0, 0.1) is 0 Å². The summed E-state index contributed by atoms with van der Waals surface area (Å²) in [7, 11) is -3.88. The number of hydrogen-bond donors (Lipinski definition) is 2. The van der Waals surface area contributed by atoms with Crippen LogP contribution in [-0.4, -0.2) is 19.7 Å². The highest BCUT2D eigenvalue weighted by molar-refractivity contribution is 7.87. The number of phenols is 1. The topological polar surface area (TPSA) is 92.8 Å². The summed E-state index contributed by atoms with van der Waals surface area (Å²) in [6.07, 6.45) is 0.991. The van der Waals surface area contributed by atoms with Crippen molar-refractivity contribution >= 4 is 16.4 Å². The lowest BCUT2D eigenvalue weighted by Crippen LogP contribution is -2.07. The third-order valence-electron chi connectivity index (χ3n) is 1.28. The molecule has 13 heavy (non-hydrogen) atoms. The van der Waals surface area contributed by atoms with Crippen molar-refractivity contribution in [1.82, 2.24) is 0 Å². The Morgan fingerprint density at radius 3 is 2.54 bits per heavy atom. The molecular weight excluding hydrogens is 192 g/mol. The lowest BCUT2D eigenvalue weighted by atomic mass is 10.2. The Bertz CT molecular complexity index is 425. The van der Waals surface area contributed by atoms with Gasteiger partial charge in [-0.1, -0.05) is 12.1 Å². The fraction of sp³-hybridized carbons (Fsp3) is 0. The van der Waals surface area contributed by atoms with Gasteiger partial charge in [0.25, 0.3) is 0 Å². The molecule has 5 nitrogen and oxygen atoms in total. The third-order valence-corrected chi connectivity index (χ3v) is 1.67. The first-order chi connectivity index (χ1) is 5.99. The van der Waals surface area contributed by atoms with Gasteiger partial charge in [0.2, 0.25) is 0 Å². The Morgan fingerprint density at radius 1 is 1.38 bits per heavy atom. The Kier molecular flexibility index (Phi) is 2.64. The van der Waals surface area contributed by atoms with Crippen LogP contribution in [0.4, 0.5) is 0 Å². The lowest BCUT2D eigenvalue weighted by molar-refractivity contribution is 0.474. The minimum Gasteiger partial charge on any atom is -0.507 e. The van der Waals surface area contributed by atoms with E-state index in [0.29, 0.717) is 5.56 Å². The fourth-order valence-corrected chi connectivity index (χ4v) is 0.987. The Balaban J connectivity index is 3.00. The molecule has 0 unspecified atom stereocenters. The Morgan fingerprint density at radius 2 is 2.00 bits per heavy atom. The van der Waals surface area contributed by atoms with Gasteiger partial charge in [-0.05, 0) is 12.1 Å². The molecular formula is C7H8N2O3S. The lowest BCUT2D eigenvalue weighted by Gasteiger charge is -1.95. The molecule has 0 fully saturated rings. The van der Waals surface area contributed by atoms with E-state index < -0.39 is 10.2 Å². The van der Waals surface area contributed by atoms with Gasteiger partial charge in [-0.2, -0.15) is 12.8 Å². The average molecular weight is 200 g/mol. The highest BCUT2D eigenvalue weighted by atomic mass is 32.2. The van der Waals surface area contributed by atoms with Crippen LogP contribution in [0.25, 0.3) is 0 Å². The number of benzene rings is 1. The summed E-state index contributed by atoms with van der Waals surface area (Å²) in [5.74, 6) is -0.0464. The molecule has 70 valence electrons. The van der Waals surface area contributed by atoms with Crippen molar-refractivity contribution in [3.8, 4) is 5.75 Å². The van der Waals surface area contributed by atoms with Crippen molar-refractivity contribution in [3.63, 3.8) is 0 Å². The minimum absolute atomic E-state index is 0.0464. The van der Waals surface area contributed by atoms with Gasteiger partial charge in [-0.25, -0.2) is 5.14 Å². The first kappa shape index (κ1) is 9.69. The number of rotatable bonds is 2. The van der Waals surface area contributed by atoms with Gasteiger partial charge in [-0.15, -0.1) is 0 Å². The molecule has 0 saturated carbocycles. The maximum absolute atomic E-state index is 10.4. The smallest absolute Gasteiger partial charge is 0.317 e. The van der Waals surface area contributed by atoms with Crippen LogP contribution in [0.3, 0.4) is 0 Å². The van der Waals surface area contributed by atoms with Crippen molar-refractivity contribution in [2.45, 2.75) is 0 Å². The predicted octanol–water partition coefficient (Wildman–Crippen LogP) is 0.0146. The summed E-state index contributed by atoms with van der Waals surface area (Å²) in [6.45, 7) is 0. The highest BCUT2D eigenvalue weighted by Gasteiger charge is 1.98. The van der Waals surface area contributed by atoms with Crippen molar-refractivity contribution in [1.29, 1.82) is 0 Å². The van der Waals surface area contributed by atoms with E-state index in [1.54, 1.807) is 12.1 Å². The monoisotopic (exact) mass is 200 g/mol. The van der Waals surface area contributed by atoms with Crippen LogP contribution >= 0.6 is 0 Å². The van der Waals surface area contributed by atoms with Gasteiger partial charge < -0.3 is 5.11 Å². The van der Waals surface area contributed by atoms with E-state index in [-0.39, 0.29) is 5.75 Å². The van der Waals surface area contributed by atoms with Crippen molar-refractivity contribution in [3.05, 3.63) is 29.8 Å². The zero-order chi connectivity index (χ0) is 9.90. The molecule has 0 saturated heterocycles. The molecule has 0 heterocycles. The molecule has 1 aromatic carbocycles. The molecule has 0 radical (unpaired) electrons. The molecule has 0 aliphatic carbocycles. The molecule has 6 heteroatoms. The van der Waals surface area contributed by atoms with Crippen LogP contribution in [0.1, 0.15) is 5.56 Å². The van der Waals surface area contributed by atoms with Gasteiger partial charge in [0, 0.05) is 5.56 Å². The van der Waals surface area contributed by atoms with Crippen molar-refractivity contribution in [2.75, 3.05) is 0 Å². The molecule has 3 N–H and O–H groups in total. The van der Waals surface area contributed by atoms with Crippen molar-refractivity contribution in [2.24, 2.45) is 9.54 Å². The van der Waals surface area contributed by atoms with Gasteiger partial charge in [-0.3, -0.25) is 0 Å². The average Bonchev–Trinajstić information content (AvgIpc) is 2.01. The second kappa shape index (κ2) is 3.55. The molecule has 1 aromatic rings. The Hall–Kier alpha value is -1.40. The molecule has 0 atom stereocenters. The summed E-state index contributed by atoms with van der Waals surface area (Å²) >= 11 is 0. The zero-order valence-electron chi connectivity index (χ0n) is 6.58. The van der Waals surface area contributed by atoms with Crippen LogP contribution in [0.2, 0.25) is 0 Å². The maximum Gasteiger partial charge on any atom is 0.317 e. The summed E-state index contributed by atoms with van der Waals surface area (Å²) < 4.78 is 23.9.